The summed E-state index contributed by atoms with van der Waals surface area (Å²) in [7, 11) is 0. The van der Waals surface area contributed by atoms with Crippen molar-refractivity contribution >= 4 is 39.0 Å². The third kappa shape index (κ3) is 4.47. The molecule has 10 aromatic rings. The first kappa shape index (κ1) is 31.9. The predicted octanol–water partition coefficient (Wildman–Crippen LogP) is 14.7. The van der Waals surface area contributed by atoms with Crippen molar-refractivity contribution in [3.63, 3.8) is 0 Å². The Kier molecular flexibility index (Phi) is 6.88. The van der Waals surface area contributed by atoms with Crippen LogP contribution >= 0.6 is 0 Å². The van der Waals surface area contributed by atoms with Crippen molar-refractivity contribution in [3.05, 3.63) is 235 Å². The smallest absolute Gasteiger partial charge is 0.159 e. The molecule has 2 nitrogen and oxygen atoms in total. The van der Waals surface area contributed by atoms with Crippen LogP contribution < -0.4 is 4.90 Å². The molecule has 1 heterocycles. The molecule has 1 aromatic heterocycles. The van der Waals surface area contributed by atoms with E-state index in [4.69, 9.17) is 4.42 Å². The average molecular weight is 726 g/mol. The molecular weight excluding hydrogens is 691 g/mol. The number of benzene rings is 9. The molecule has 0 saturated heterocycles. The quantitative estimate of drug-likeness (QED) is 0.180. The maximum atomic E-state index is 6.81. The zero-order chi connectivity index (χ0) is 37.5. The van der Waals surface area contributed by atoms with Gasteiger partial charge in [-0.15, -0.1) is 0 Å². The highest BCUT2D eigenvalue weighted by molar-refractivity contribution is 6.11. The fourth-order valence-electron chi connectivity index (χ4n) is 10.0. The number of rotatable bonds is 4. The average Bonchev–Trinajstić information content (AvgIpc) is 3.78. The van der Waals surface area contributed by atoms with E-state index in [-0.39, 0.29) is 0 Å². The van der Waals surface area contributed by atoms with E-state index < -0.39 is 5.41 Å². The Morgan fingerprint density at radius 1 is 0.333 bits per heavy atom. The topological polar surface area (TPSA) is 16.4 Å². The third-order valence-corrected chi connectivity index (χ3v) is 12.3. The molecule has 0 unspecified atom stereocenters. The van der Waals surface area contributed by atoms with E-state index in [0.29, 0.717) is 0 Å². The van der Waals surface area contributed by atoms with Gasteiger partial charge in [0, 0.05) is 22.0 Å². The highest BCUT2D eigenvalue weighted by Crippen LogP contribution is 2.62. The normalized spacial score (nSPS) is 13.1. The number of hydrogen-bond acceptors (Lipinski definition) is 2. The summed E-state index contributed by atoms with van der Waals surface area (Å²) < 4.78 is 6.81. The van der Waals surface area contributed by atoms with Gasteiger partial charge in [0.1, 0.15) is 5.58 Å². The van der Waals surface area contributed by atoms with Crippen LogP contribution in [0.2, 0.25) is 0 Å². The van der Waals surface area contributed by atoms with Gasteiger partial charge in [0.25, 0.3) is 0 Å². The van der Waals surface area contributed by atoms with Crippen LogP contribution in [0, 0.1) is 0 Å². The lowest BCUT2D eigenvalue weighted by Crippen LogP contribution is -2.29. The molecule has 0 atom stereocenters. The number of para-hydroxylation sites is 3. The van der Waals surface area contributed by atoms with Gasteiger partial charge in [0.2, 0.25) is 0 Å². The summed E-state index contributed by atoms with van der Waals surface area (Å²) in [5, 5.41) is 2.21. The van der Waals surface area contributed by atoms with Gasteiger partial charge in [-0.25, -0.2) is 0 Å². The lowest BCUT2D eigenvalue weighted by atomic mass is 9.66. The molecule has 12 rings (SSSR count). The molecule has 0 N–H and O–H groups in total. The molecule has 0 fully saturated rings. The molecule has 0 amide bonds. The second-order valence-corrected chi connectivity index (χ2v) is 15.1. The lowest BCUT2D eigenvalue weighted by molar-refractivity contribution is 0.669. The Bertz CT molecular complexity index is 3140. The van der Waals surface area contributed by atoms with Crippen LogP contribution in [0.15, 0.2) is 217 Å². The van der Waals surface area contributed by atoms with Crippen LogP contribution in [0.25, 0.3) is 66.4 Å². The van der Waals surface area contributed by atoms with Crippen molar-refractivity contribution in [2.75, 3.05) is 4.90 Å². The van der Waals surface area contributed by atoms with Gasteiger partial charge in [-0.05, 0) is 91.5 Å². The van der Waals surface area contributed by atoms with Crippen LogP contribution in [0.1, 0.15) is 22.3 Å². The van der Waals surface area contributed by atoms with Gasteiger partial charge in [0.15, 0.2) is 5.58 Å². The largest absolute Gasteiger partial charge is 0.454 e. The third-order valence-electron chi connectivity index (χ3n) is 12.3. The maximum absolute atomic E-state index is 6.81. The first-order chi connectivity index (χ1) is 28.3. The zero-order valence-electron chi connectivity index (χ0n) is 31.1. The summed E-state index contributed by atoms with van der Waals surface area (Å²) >= 11 is 0. The van der Waals surface area contributed by atoms with Crippen LogP contribution in [0.4, 0.5) is 17.1 Å². The first-order valence-corrected chi connectivity index (χ1v) is 19.7. The molecule has 57 heavy (non-hydrogen) atoms. The minimum atomic E-state index is -0.593. The molecule has 266 valence electrons. The fraction of sp³-hybridized carbons (Fsp3) is 0.0182. The van der Waals surface area contributed by atoms with E-state index in [9.17, 15) is 0 Å². The van der Waals surface area contributed by atoms with E-state index in [2.05, 4.69) is 211 Å². The highest BCUT2D eigenvalue weighted by atomic mass is 16.3. The Morgan fingerprint density at radius 3 is 1.51 bits per heavy atom. The van der Waals surface area contributed by atoms with E-state index in [1.165, 1.54) is 55.6 Å². The van der Waals surface area contributed by atoms with Crippen LogP contribution in [0.3, 0.4) is 0 Å². The van der Waals surface area contributed by atoms with E-state index in [1.807, 2.05) is 6.07 Å². The summed E-state index contributed by atoms with van der Waals surface area (Å²) in [6.45, 7) is 0. The molecule has 1 spiro atoms. The van der Waals surface area contributed by atoms with Gasteiger partial charge in [0.05, 0.1) is 16.8 Å². The number of furan rings is 1. The van der Waals surface area contributed by atoms with Crippen LogP contribution in [-0.4, -0.2) is 0 Å². The lowest BCUT2D eigenvalue weighted by Gasteiger charge is -2.36. The first-order valence-electron chi connectivity index (χ1n) is 19.7. The Hall–Kier alpha value is -7.42. The van der Waals surface area contributed by atoms with Gasteiger partial charge in [-0.2, -0.15) is 0 Å². The monoisotopic (exact) mass is 725 g/mol. The van der Waals surface area contributed by atoms with E-state index in [1.54, 1.807) is 0 Å². The highest BCUT2D eigenvalue weighted by Gasteiger charge is 2.50. The summed E-state index contributed by atoms with van der Waals surface area (Å²) in [4.78, 5) is 2.42. The minimum Gasteiger partial charge on any atom is -0.454 e. The Labute approximate surface area is 331 Å². The Morgan fingerprint density at radius 2 is 0.825 bits per heavy atom. The van der Waals surface area contributed by atoms with Gasteiger partial charge in [-0.1, -0.05) is 182 Å². The SMILES string of the molecule is c1ccc(-c2ccccc2N(c2ccc3c(c2)C2(c4ccccc4-c4ccccc4-c4ccccc42)c2ccccc2-3)c2cccc3c2oc2ccccc23)cc1. The molecule has 2 heteroatoms. The number of fused-ring (bicyclic) bond motifs is 15. The molecule has 2 aliphatic rings. The summed E-state index contributed by atoms with van der Waals surface area (Å²) in [5.74, 6) is 0. The maximum Gasteiger partial charge on any atom is 0.159 e. The van der Waals surface area contributed by atoms with Gasteiger partial charge < -0.3 is 9.32 Å². The molecule has 0 saturated carbocycles. The minimum absolute atomic E-state index is 0.593. The molecule has 0 radical (unpaired) electrons. The van der Waals surface area contributed by atoms with Crippen molar-refractivity contribution < 1.29 is 4.42 Å². The number of nitrogens with zero attached hydrogens (tertiary/aromatic N) is 1. The molecule has 0 bridgehead atoms. The fourth-order valence-corrected chi connectivity index (χ4v) is 10.0. The molecule has 0 aliphatic heterocycles. The van der Waals surface area contributed by atoms with Crippen molar-refractivity contribution in [1.82, 2.24) is 0 Å². The second kappa shape index (κ2) is 12.3. The second-order valence-electron chi connectivity index (χ2n) is 15.1. The summed E-state index contributed by atoms with van der Waals surface area (Å²) in [6, 6.07) is 77.7. The van der Waals surface area contributed by atoms with Gasteiger partial charge >= 0.3 is 0 Å². The molecule has 2 aliphatic carbocycles. The number of anilines is 3. The van der Waals surface area contributed by atoms with Gasteiger partial charge in [-0.3, -0.25) is 0 Å². The Balaban J connectivity index is 1.21. The molecule has 9 aromatic carbocycles. The summed E-state index contributed by atoms with van der Waals surface area (Å²) in [6.07, 6.45) is 0. The van der Waals surface area contributed by atoms with Crippen molar-refractivity contribution in [2.24, 2.45) is 0 Å². The summed E-state index contributed by atoms with van der Waals surface area (Å²) in [5.41, 5.74) is 19.3. The molecular formula is C55H35NO. The van der Waals surface area contributed by atoms with Crippen LogP contribution in [-0.2, 0) is 5.41 Å². The van der Waals surface area contributed by atoms with E-state index in [0.717, 1.165) is 50.1 Å². The van der Waals surface area contributed by atoms with Crippen LogP contribution in [0.5, 0.6) is 0 Å². The van der Waals surface area contributed by atoms with E-state index >= 15 is 0 Å². The standard InChI is InChI=1S/C55H35NO/c1-2-17-36(18-3-1)38-19-9-14-30-51(38)56(52-31-16-26-46-45-25-10-15-32-53(45)57-54(46)52)37-33-34-44-43-24-8-13-29-49(43)55(50(44)35-37)47-27-11-6-22-41(47)39-20-4-5-21-40(39)42-23-7-12-28-48(42)55/h1-35H. The number of hydrogen-bond donors (Lipinski definition) is 0. The predicted molar refractivity (Wildman–Crippen MR) is 236 cm³/mol. The van der Waals surface area contributed by atoms with Crippen molar-refractivity contribution in [1.29, 1.82) is 0 Å². The van der Waals surface area contributed by atoms with Crippen molar-refractivity contribution in [2.45, 2.75) is 5.41 Å². The van der Waals surface area contributed by atoms with Crippen molar-refractivity contribution in [3.8, 4) is 44.5 Å². The zero-order valence-corrected chi connectivity index (χ0v) is 31.1.